The fourth-order valence-corrected chi connectivity index (χ4v) is 2.54. The van der Waals surface area contributed by atoms with Crippen LogP contribution in [0.3, 0.4) is 0 Å². The van der Waals surface area contributed by atoms with Crippen LogP contribution in [0.2, 0.25) is 0 Å². The van der Waals surface area contributed by atoms with Crippen molar-refractivity contribution in [2.45, 2.75) is 26.3 Å². The zero-order valence-corrected chi connectivity index (χ0v) is 11.8. The third kappa shape index (κ3) is 4.29. The minimum absolute atomic E-state index is 0.0197. The minimum Gasteiger partial charge on any atom is -0.343 e. The number of nitrogens with one attached hydrogen (secondary N) is 1. The molecule has 1 N–H and O–H groups in total. The van der Waals surface area contributed by atoms with Gasteiger partial charge < -0.3 is 10.2 Å². The van der Waals surface area contributed by atoms with Crippen LogP contribution in [0.4, 0.5) is 0 Å². The highest BCUT2D eigenvalue weighted by molar-refractivity contribution is 7.90. The van der Waals surface area contributed by atoms with Crippen molar-refractivity contribution >= 4 is 21.7 Å². The van der Waals surface area contributed by atoms with E-state index in [0.717, 1.165) is 6.26 Å². The molecule has 1 saturated heterocycles. The van der Waals surface area contributed by atoms with Crippen molar-refractivity contribution in [3.63, 3.8) is 0 Å². The summed E-state index contributed by atoms with van der Waals surface area (Å²) >= 11 is 0. The Morgan fingerprint density at radius 2 is 2.00 bits per heavy atom. The van der Waals surface area contributed by atoms with Gasteiger partial charge in [0, 0.05) is 12.8 Å². The monoisotopic (exact) mass is 276 g/mol. The Morgan fingerprint density at radius 3 is 2.50 bits per heavy atom. The topological polar surface area (TPSA) is 83.6 Å². The number of carbonyl (C=O) groups is 2. The van der Waals surface area contributed by atoms with Crippen molar-refractivity contribution < 1.29 is 18.0 Å². The lowest BCUT2D eigenvalue weighted by Gasteiger charge is -2.34. The van der Waals surface area contributed by atoms with Gasteiger partial charge in [-0.15, -0.1) is 0 Å². The highest BCUT2D eigenvalue weighted by atomic mass is 32.2. The molecular formula is C11H20N2O4S. The Hall–Kier alpha value is -1.11. The Balaban J connectivity index is 2.59. The van der Waals surface area contributed by atoms with Crippen LogP contribution in [-0.4, -0.2) is 56.3 Å². The van der Waals surface area contributed by atoms with Gasteiger partial charge in [-0.2, -0.15) is 0 Å². The molecule has 0 aromatic carbocycles. The summed E-state index contributed by atoms with van der Waals surface area (Å²) in [6.07, 6.45) is 1.53. The second-order valence-electron chi connectivity index (χ2n) is 5.03. The SMILES string of the molecule is CC(C)C1NC(=O)CN(CCCS(C)(=O)=O)C1=O. The molecule has 1 rings (SSSR count). The van der Waals surface area contributed by atoms with Crippen molar-refractivity contribution in [3.05, 3.63) is 0 Å². The molecule has 1 fully saturated rings. The third-order valence-electron chi connectivity index (χ3n) is 2.84. The molecule has 0 spiro atoms. The van der Waals surface area contributed by atoms with Crippen LogP contribution < -0.4 is 5.32 Å². The Morgan fingerprint density at radius 1 is 1.39 bits per heavy atom. The number of amides is 2. The zero-order chi connectivity index (χ0) is 13.9. The summed E-state index contributed by atoms with van der Waals surface area (Å²) in [7, 11) is -3.02. The van der Waals surface area contributed by atoms with Crippen LogP contribution in [0.5, 0.6) is 0 Å². The highest BCUT2D eigenvalue weighted by Gasteiger charge is 2.34. The fourth-order valence-electron chi connectivity index (χ4n) is 1.89. The predicted octanol–water partition coefficient (Wildman–Crippen LogP) is -0.596. The molecule has 1 unspecified atom stereocenters. The molecule has 0 aromatic rings. The summed E-state index contributed by atoms with van der Waals surface area (Å²) < 4.78 is 22.0. The maximum Gasteiger partial charge on any atom is 0.245 e. The molecule has 0 aromatic heterocycles. The Labute approximate surface area is 108 Å². The molecule has 7 heteroatoms. The summed E-state index contributed by atoms with van der Waals surface area (Å²) in [5.41, 5.74) is 0. The zero-order valence-electron chi connectivity index (χ0n) is 11.0. The number of nitrogens with zero attached hydrogens (tertiary/aromatic N) is 1. The summed E-state index contributed by atoms with van der Waals surface area (Å²) in [5.74, 6) is -0.255. The third-order valence-corrected chi connectivity index (χ3v) is 3.87. The quantitative estimate of drug-likeness (QED) is 0.727. The van der Waals surface area contributed by atoms with E-state index in [2.05, 4.69) is 5.32 Å². The fraction of sp³-hybridized carbons (Fsp3) is 0.818. The summed E-state index contributed by atoms with van der Waals surface area (Å²) in [6, 6.07) is -0.496. The first-order valence-electron chi connectivity index (χ1n) is 5.96. The van der Waals surface area contributed by atoms with Gasteiger partial charge in [0.2, 0.25) is 11.8 Å². The number of carbonyl (C=O) groups excluding carboxylic acids is 2. The predicted molar refractivity (Wildman–Crippen MR) is 67.7 cm³/mol. The smallest absolute Gasteiger partial charge is 0.245 e. The van der Waals surface area contributed by atoms with Gasteiger partial charge in [-0.05, 0) is 12.3 Å². The van der Waals surface area contributed by atoms with Crippen molar-refractivity contribution in [3.8, 4) is 0 Å². The first-order valence-corrected chi connectivity index (χ1v) is 8.02. The van der Waals surface area contributed by atoms with Crippen molar-refractivity contribution in [2.75, 3.05) is 25.1 Å². The number of hydrogen-bond donors (Lipinski definition) is 1. The molecular weight excluding hydrogens is 256 g/mol. The molecule has 18 heavy (non-hydrogen) atoms. The number of hydrogen-bond acceptors (Lipinski definition) is 4. The summed E-state index contributed by atoms with van der Waals surface area (Å²) in [6.45, 7) is 4.06. The van der Waals surface area contributed by atoms with Crippen LogP contribution in [0.25, 0.3) is 0 Å². The van der Waals surface area contributed by atoms with Gasteiger partial charge >= 0.3 is 0 Å². The molecule has 104 valence electrons. The van der Waals surface area contributed by atoms with E-state index in [1.807, 2.05) is 13.8 Å². The van der Waals surface area contributed by atoms with E-state index in [9.17, 15) is 18.0 Å². The van der Waals surface area contributed by atoms with E-state index in [1.54, 1.807) is 0 Å². The molecule has 6 nitrogen and oxygen atoms in total. The van der Waals surface area contributed by atoms with Crippen LogP contribution in [0.1, 0.15) is 20.3 Å². The van der Waals surface area contributed by atoms with Crippen molar-refractivity contribution in [2.24, 2.45) is 5.92 Å². The van der Waals surface area contributed by atoms with Crippen LogP contribution in [0.15, 0.2) is 0 Å². The molecule has 2 amide bonds. The molecule has 0 radical (unpaired) electrons. The summed E-state index contributed by atoms with van der Waals surface area (Å²) in [5, 5.41) is 2.65. The standard InChI is InChI=1S/C11H20N2O4S/c1-8(2)10-11(15)13(7-9(14)12-10)5-4-6-18(3,16)17/h8,10H,4-7H2,1-3H3,(H,12,14). The second kappa shape index (κ2) is 5.69. The molecule has 1 aliphatic rings. The largest absolute Gasteiger partial charge is 0.343 e. The molecule has 1 heterocycles. The number of piperazine rings is 1. The van der Waals surface area contributed by atoms with E-state index >= 15 is 0 Å². The van der Waals surface area contributed by atoms with Gasteiger partial charge in [0.25, 0.3) is 0 Å². The maximum absolute atomic E-state index is 12.0. The average Bonchev–Trinajstić information content (AvgIpc) is 2.20. The van der Waals surface area contributed by atoms with Crippen LogP contribution in [-0.2, 0) is 19.4 Å². The molecule has 1 atom stereocenters. The number of rotatable bonds is 5. The van der Waals surface area contributed by atoms with Gasteiger partial charge in [-0.3, -0.25) is 9.59 Å². The van der Waals surface area contributed by atoms with E-state index < -0.39 is 15.9 Å². The summed E-state index contributed by atoms with van der Waals surface area (Å²) in [4.78, 5) is 24.9. The van der Waals surface area contributed by atoms with E-state index in [4.69, 9.17) is 0 Å². The molecule has 0 bridgehead atoms. The van der Waals surface area contributed by atoms with Gasteiger partial charge in [0.15, 0.2) is 0 Å². The van der Waals surface area contributed by atoms with E-state index in [-0.39, 0.29) is 30.0 Å². The lowest BCUT2D eigenvalue weighted by atomic mass is 10.0. The van der Waals surface area contributed by atoms with E-state index in [0.29, 0.717) is 13.0 Å². The van der Waals surface area contributed by atoms with Gasteiger partial charge in [0.1, 0.15) is 15.9 Å². The van der Waals surface area contributed by atoms with Crippen LogP contribution >= 0.6 is 0 Å². The molecule has 1 aliphatic heterocycles. The Bertz CT molecular complexity index is 430. The second-order valence-corrected chi connectivity index (χ2v) is 7.29. The molecule has 0 saturated carbocycles. The Kier molecular flexibility index (Phi) is 4.72. The van der Waals surface area contributed by atoms with Crippen LogP contribution in [0, 0.1) is 5.92 Å². The van der Waals surface area contributed by atoms with E-state index in [1.165, 1.54) is 4.90 Å². The molecule has 0 aliphatic carbocycles. The average molecular weight is 276 g/mol. The first-order chi connectivity index (χ1) is 8.20. The number of sulfone groups is 1. The highest BCUT2D eigenvalue weighted by Crippen LogP contribution is 2.11. The maximum atomic E-state index is 12.0. The minimum atomic E-state index is -3.02. The van der Waals surface area contributed by atoms with Crippen molar-refractivity contribution in [1.29, 1.82) is 0 Å². The van der Waals surface area contributed by atoms with Gasteiger partial charge in [-0.1, -0.05) is 13.8 Å². The van der Waals surface area contributed by atoms with Gasteiger partial charge in [-0.25, -0.2) is 8.42 Å². The first kappa shape index (κ1) is 14.9. The lowest BCUT2D eigenvalue weighted by molar-refractivity contribution is -0.145. The lowest BCUT2D eigenvalue weighted by Crippen LogP contribution is -2.59. The normalized spacial score (nSPS) is 21.3. The van der Waals surface area contributed by atoms with Gasteiger partial charge in [0.05, 0.1) is 12.3 Å². The van der Waals surface area contributed by atoms with Crippen molar-refractivity contribution in [1.82, 2.24) is 10.2 Å².